The van der Waals surface area contributed by atoms with Gasteiger partial charge in [0, 0.05) is 37.5 Å². The minimum atomic E-state index is 0.0593. The minimum absolute atomic E-state index is 0.0593. The molecule has 1 rings (SSSR count). The number of thiophene rings is 1. The molecule has 5 nitrogen and oxygen atoms in total. The summed E-state index contributed by atoms with van der Waals surface area (Å²) in [7, 11) is 1.74. The molecule has 3 N–H and O–H groups in total. The Bertz CT molecular complexity index is 457. The van der Waals surface area contributed by atoms with Crippen molar-refractivity contribution in [2.75, 3.05) is 20.1 Å². The zero-order valence-corrected chi connectivity index (χ0v) is 14.8. The molecule has 22 heavy (non-hydrogen) atoms. The zero-order chi connectivity index (χ0) is 16.4. The predicted octanol–water partition coefficient (Wildman–Crippen LogP) is 2.01. The van der Waals surface area contributed by atoms with Crippen LogP contribution in [0.15, 0.2) is 22.5 Å². The lowest BCUT2D eigenvalue weighted by atomic mass is 10.1. The van der Waals surface area contributed by atoms with Gasteiger partial charge in [0.15, 0.2) is 5.96 Å². The van der Waals surface area contributed by atoms with Crippen LogP contribution in [0.4, 0.5) is 0 Å². The Morgan fingerprint density at radius 3 is 2.68 bits per heavy atom. The van der Waals surface area contributed by atoms with E-state index in [2.05, 4.69) is 45.4 Å². The van der Waals surface area contributed by atoms with Gasteiger partial charge in [-0.15, -0.1) is 11.3 Å². The second kappa shape index (κ2) is 10.2. The van der Waals surface area contributed by atoms with Crippen LogP contribution in [0.3, 0.4) is 0 Å². The molecule has 6 heteroatoms. The topological polar surface area (TPSA) is 65.5 Å². The lowest BCUT2D eigenvalue weighted by Gasteiger charge is -2.16. The Morgan fingerprint density at radius 1 is 1.32 bits per heavy atom. The van der Waals surface area contributed by atoms with Gasteiger partial charge >= 0.3 is 0 Å². The second-order valence-corrected chi connectivity index (χ2v) is 6.77. The maximum atomic E-state index is 11.6. The largest absolute Gasteiger partial charge is 0.356 e. The molecular weight excluding hydrogens is 296 g/mol. The molecule has 1 amide bonds. The number of hydrogen-bond acceptors (Lipinski definition) is 3. The van der Waals surface area contributed by atoms with E-state index < -0.39 is 0 Å². The number of guanidine groups is 1. The van der Waals surface area contributed by atoms with Crippen molar-refractivity contribution in [3.05, 3.63) is 22.4 Å². The third-order valence-corrected chi connectivity index (χ3v) is 3.96. The van der Waals surface area contributed by atoms with Crippen LogP contribution in [0, 0.1) is 5.92 Å². The van der Waals surface area contributed by atoms with E-state index in [1.54, 1.807) is 18.4 Å². The van der Waals surface area contributed by atoms with Crippen LogP contribution in [-0.4, -0.2) is 38.0 Å². The highest BCUT2D eigenvalue weighted by Gasteiger charge is 2.07. The van der Waals surface area contributed by atoms with Crippen LogP contribution >= 0.6 is 11.3 Å². The van der Waals surface area contributed by atoms with Crippen LogP contribution in [0.1, 0.15) is 32.1 Å². The third-order valence-electron chi connectivity index (χ3n) is 3.07. The summed E-state index contributed by atoms with van der Waals surface area (Å²) < 4.78 is 0. The smallest absolute Gasteiger partial charge is 0.221 e. The molecule has 0 aliphatic carbocycles. The maximum Gasteiger partial charge on any atom is 0.221 e. The first kappa shape index (κ1) is 18.5. The molecule has 1 aromatic heterocycles. The summed E-state index contributed by atoms with van der Waals surface area (Å²) in [6.45, 7) is 7.57. The summed E-state index contributed by atoms with van der Waals surface area (Å²) in [6.07, 6.45) is 1.52. The molecule has 1 atom stereocenters. The summed E-state index contributed by atoms with van der Waals surface area (Å²) >= 11 is 1.80. The van der Waals surface area contributed by atoms with E-state index in [1.165, 1.54) is 4.88 Å². The Hall–Kier alpha value is -1.56. The summed E-state index contributed by atoms with van der Waals surface area (Å²) in [4.78, 5) is 17.1. The zero-order valence-electron chi connectivity index (χ0n) is 14.0. The lowest BCUT2D eigenvalue weighted by molar-refractivity contribution is -0.121. The molecule has 0 radical (unpaired) electrons. The van der Waals surface area contributed by atoms with E-state index in [0.29, 0.717) is 18.9 Å². The van der Waals surface area contributed by atoms with Gasteiger partial charge in [0.05, 0.1) is 0 Å². The van der Waals surface area contributed by atoms with Crippen molar-refractivity contribution in [2.45, 2.75) is 39.7 Å². The van der Waals surface area contributed by atoms with Gasteiger partial charge in [0.25, 0.3) is 0 Å². The SMILES string of the molecule is CN=C(NCCC(=O)NC(C)C)NCC(C)Cc1cccs1. The predicted molar refractivity (Wildman–Crippen MR) is 94.4 cm³/mol. The van der Waals surface area contributed by atoms with Crippen LogP contribution in [0.2, 0.25) is 0 Å². The van der Waals surface area contributed by atoms with Crippen LogP contribution < -0.4 is 16.0 Å². The van der Waals surface area contributed by atoms with Gasteiger partial charge in [-0.25, -0.2) is 0 Å². The highest BCUT2D eigenvalue weighted by Crippen LogP contribution is 2.13. The highest BCUT2D eigenvalue weighted by molar-refractivity contribution is 7.09. The number of carbonyl (C=O) groups is 1. The maximum absolute atomic E-state index is 11.6. The number of nitrogens with one attached hydrogen (secondary N) is 3. The van der Waals surface area contributed by atoms with Crippen molar-refractivity contribution in [1.29, 1.82) is 0 Å². The Kier molecular flexibility index (Phi) is 8.58. The molecule has 124 valence electrons. The number of rotatable bonds is 8. The van der Waals surface area contributed by atoms with Crippen LogP contribution in [-0.2, 0) is 11.2 Å². The van der Waals surface area contributed by atoms with Gasteiger partial charge in [0.1, 0.15) is 0 Å². The molecule has 0 spiro atoms. The summed E-state index contributed by atoms with van der Waals surface area (Å²) in [6, 6.07) is 4.44. The lowest BCUT2D eigenvalue weighted by Crippen LogP contribution is -2.41. The monoisotopic (exact) mass is 324 g/mol. The van der Waals surface area contributed by atoms with Crippen molar-refractivity contribution in [2.24, 2.45) is 10.9 Å². The van der Waals surface area contributed by atoms with Crippen molar-refractivity contribution in [1.82, 2.24) is 16.0 Å². The first-order valence-corrected chi connectivity index (χ1v) is 8.65. The highest BCUT2D eigenvalue weighted by atomic mass is 32.1. The fourth-order valence-corrected chi connectivity index (χ4v) is 2.89. The fourth-order valence-electron chi connectivity index (χ4n) is 2.02. The molecule has 1 unspecified atom stereocenters. The summed E-state index contributed by atoms with van der Waals surface area (Å²) in [5, 5.41) is 11.5. The number of carbonyl (C=O) groups excluding carboxylic acids is 1. The molecule has 0 aliphatic rings. The molecule has 1 aromatic rings. The third kappa shape index (κ3) is 8.02. The van der Waals surface area contributed by atoms with Gasteiger partial charge in [-0.05, 0) is 37.6 Å². The van der Waals surface area contributed by atoms with Crippen molar-refractivity contribution >= 4 is 23.2 Å². The fraction of sp³-hybridized carbons (Fsp3) is 0.625. The van der Waals surface area contributed by atoms with Gasteiger partial charge in [-0.2, -0.15) is 0 Å². The van der Waals surface area contributed by atoms with Crippen LogP contribution in [0.25, 0.3) is 0 Å². The second-order valence-electron chi connectivity index (χ2n) is 5.74. The van der Waals surface area contributed by atoms with Gasteiger partial charge in [-0.3, -0.25) is 9.79 Å². The summed E-state index contributed by atoms with van der Waals surface area (Å²) in [5.41, 5.74) is 0. The minimum Gasteiger partial charge on any atom is -0.356 e. The van der Waals surface area contributed by atoms with E-state index in [9.17, 15) is 4.79 Å². The Labute approximate surface area is 137 Å². The summed E-state index contributed by atoms with van der Waals surface area (Å²) in [5.74, 6) is 1.33. The van der Waals surface area contributed by atoms with Crippen molar-refractivity contribution in [3.63, 3.8) is 0 Å². The molecular formula is C16H28N4OS. The molecule has 1 heterocycles. The quantitative estimate of drug-likeness (QED) is 0.506. The first-order chi connectivity index (χ1) is 10.5. The molecule has 0 aliphatic heterocycles. The van der Waals surface area contributed by atoms with Gasteiger partial charge in [-0.1, -0.05) is 13.0 Å². The number of aliphatic imine (C=N–C) groups is 1. The standard InChI is InChI=1S/C16H28N4OS/c1-12(2)20-15(21)7-8-18-16(17-4)19-11-13(3)10-14-6-5-9-22-14/h5-6,9,12-13H,7-8,10-11H2,1-4H3,(H,20,21)(H2,17,18,19). The number of amides is 1. The average molecular weight is 324 g/mol. The van der Waals surface area contributed by atoms with E-state index in [1.807, 2.05) is 13.8 Å². The van der Waals surface area contributed by atoms with Crippen molar-refractivity contribution < 1.29 is 4.79 Å². The molecule has 0 fully saturated rings. The Morgan fingerprint density at radius 2 is 2.09 bits per heavy atom. The van der Waals surface area contributed by atoms with Crippen LogP contribution in [0.5, 0.6) is 0 Å². The normalized spacial score (nSPS) is 13.0. The van der Waals surface area contributed by atoms with E-state index in [-0.39, 0.29) is 11.9 Å². The van der Waals surface area contributed by atoms with Crippen molar-refractivity contribution in [3.8, 4) is 0 Å². The van der Waals surface area contributed by atoms with E-state index in [0.717, 1.165) is 18.9 Å². The average Bonchev–Trinajstić information content (AvgIpc) is 2.94. The van der Waals surface area contributed by atoms with Gasteiger partial charge in [0.2, 0.25) is 5.91 Å². The Balaban J connectivity index is 2.20. The molecule has 0 bridgehead atoms. The number of nitrogens with zero attached hydrogens (tertiary/aromatic N) is 1. The molecule has 0 saturated carbocycles. The number of hydrogen-bond donors (Lipinski definition) is 3. The van der Waals surface area contributed by atoms with E-state index >= 15 is 0 Å². The van der Waals surface area contributed by atoms with E-state index in [4.69, 9.17) is 0 Å². The van der Waals surface area contributed by atoms with Gasteiger partial charge < -0.3 is 16.0 Å². The molecule has 0 aromatic carbocycles. The first-order valence-electron chi connectivity index (χ1n) is 7.77. The molecule has 0 saturated heterocycles.